The van der Waals surface area contributed by atoms with Crippen molar-refractivity contribution in [1.82, 2.24) is 14.7 Å². The van der Waals surface area contributed by atoms with Crippen LogP contribution >= 0.6 is 0 Å². The first-order valence-corrected chi connectivity index (χ1v) is 7.22. The van der Waals surface area contributed by atoms with Crippen LogP contribution in [-0.2, 0) is 4.74 Å². The topological polar surface area (TPSA) is 45.0 Å². The number of nitrogens with zero attached hydrogens (tertiary/aromatic N) is 3. The molecule has 2 rings (SSSR count). The first kappa shape index (κ1) is 14.2. The molecule has 0 radical (unpaired) electrons. The Balaban J connectivity index is 1.63. The Morgan fingerprint density at radius 3 is 2.61 bits per heavy atom. The summed E-state index contributed by atoms with van der Waals surface area (Å²) < 4.78 is 5.37. The van der Waals surface area contributed by atoms with Gasteiger partial charge in [0.05, 0.1) is 13.2 Å². The van der Waals surface area contributed by atoms with Gasteiger partial charge in [0, 0.05) is 51.9 Å². The minimum atomic E-state index is 0.707. The smallest absolute Gasteiger partial charge is 0.0594 e. The standard InChI is InChI=1S/C13H28N4O/c1-15(5-3-14)13-2-4-17(12-13)7-6-16-8-10-18-11-9-16/h13H,2-12,14H2,1H3. The van der Waals surface area contributed by atoms with Gasteiger partial charge in [-0.05, 0) is 20.0 Å². The first-order valence-electron chi connectivity index (χ1n) is 7.22. The van der Waals surface area contributed by atoms with Crippen molar-refractivity contribution in [2.24, 2.45) is 5.73 Å². The molecule has 5 heteroatoms. The van der Waals surface area contributed by atoms with Crippen molar-refractivity contribution in [2.75, 3.05) is 72.6 Å². The van der Waals surface area contributed by atoms with E-state index < -0.39 is 0 Å². The number of rotatable bonds is 6. The molecule has 0 bridgehead atoms. The summed E-state index contributed by atoms with van der Waals surface area (Å²) in [5, 5.41) is 0. The Kier molecular flexibility index (Phi) is 5.85. The van der Waals surface area contributed by atoms with E-state index >= 15 is 0 Å². The summed E-state index contributed by atoms with van der Waals surface area (Å²) in [5.41, 5.74) is 5.61. The van der Waals surface area contributed by atoms with Crippen LogP contribution in [-0.4, -0.2) is 93.4 Å². The van der Waals surface area contributed by atoms with E-state index in [9.17, 15) is 0 Å². The molecule has 1 atom stereocenters. The highest BCUT2D eigenvalue weighted by molar-refractivity contribution is 4.82. The van der Waals surface area contributed by atoms with Crippen molar-refractivity contribution in [3.8, 4) is 0 Å². The van der Waals surface area contributed by atoms with Gasteiger partial charge in [0.2, 0.25) is 0 Å². The summed E-state index contributed by atoms with van der Waals surface area (Å²) in [4.78, 5) is 7.52. The van der Waals surface area contributed by atoms with Gasteiger partial charge in [0.15, 0.2) is 0 Å². The Labute approximate surface area is 111 Å². The summed E-state index contributed by atoms with van der Waals surface area (Å²) in [5.74, 6) is 0. The fraction of sp³-hybridized carbons (Fsp3) is 1.00. The Morgan fingerprint density at radius 1 is 1.17 bits per heavy atom. The summed E-state index contributed by atoms with van der Waals surface area (Å²) >= 11 is 0. The van der Waals surface area contributed by atoms with Gasteiger partial charge >= 0.3 is 0 Å². The molecule has 0 aliphatic carbocycles. The third kappa shape index (κ3) is 4.17. The van der Waals surface area contributed by atoms with Gasteiger partial charge in [-0.2, -0.15) is 0 Å². The molecule has 2 heterocycles. The molecule has 0 aromatic rings. The predicted octanol–water partition coefficient (Wildman–Crippen LogP) is -0.717. The lowest BCUT2D eigenvalue weighted by Gasteiger charge is -2.29. The molecule has 0 spiro atoms. The molecule has 2 aliphatic heterocycles. The molecule has 106 valence electrons. The minimum Gasteiger partial charge on any atom is -0.379 e. The molecular weight excluding hydrogens is 228 g/mol. The third-order valence-corrected chi connectivity index (χ3v) is 4.19. The first-order chi connectivity index (χ1) is 8.79. The average molecular weight is 256 g/mol. The molecule has 0 aromatic heterocycles. The van der Waals surface area contributed by atoms with Crippen molar-refractivity contribution in [3.05, 3.63) is 0 Å². The molecular formula is C13H28N4O. The van der Waals surface area contributed by atoms with E-state index in [1.54, 1.807) is 0 Å². The summed E-state index contributed by atoms with van der Waals surface area (Å²) in [6, 6.07) is 0.707. The van der Waals surface area contributed by atoms with E-state index in [4.69, 9.17) is 10.5 Å². The van der Waals surface area contributed by atoms with Crippen LogP contribution in [0, 0.1) is 0 Å². The average Bonchev–Trinajstić information content (AvgIpc) is 2.87. The lowest BCUT2D eigenvalue weighted by molar-refractivity contribution is 0.0341. The second-order valence-corrected chi connectivity index (χ2v) is 5.47. The summed E-state index contributed by atoms with van der Waals surface area (Å²) in [6.45, 7) is 10.6. The molecule has 18 heavy (non-hydrogen) atoms. The van der Waals surface area contributed by atoms with Gasteiger partial charge in [-0.25, -0.2) is 0 Å². The van der Waals surface area contributed by atoms with Crippen LogP contribution < -0.4 is 5.73 Å². The lowest BCUT2D eigenvalue weighted by Crippen LogP contribution is -2.42. The maximum atomic E-state index is 5.61. The zero-order valence-electron chi connectivity index (χ0n) is 11.7. The highest BCUT2D eigenvalue weighted by atomic mass is 16.5. The van der Waals surface area contributed by atoms with Gasteiger partial charge in [-0.1, -0.05) is 0 Å². The number of nitrogens with two attached hydrogens (primary N) is 1. The normalized spacial score (nSPS) is 27.2. The van der Waals surface area contributed by atoms with Crippen LogP contribution in [0.3, 0.4) is 0 Å². The maximum absolute atomic E-state index is 5.61. The Morgan fingerprint density at radius 2 is 1.89 bits per heavy atom. The lowest BCUT2D eigenvalue weighted by atomic mass is 10.2. The molecule has 2 saturated heterocycles. The molecule has 2 N–H and O–H groups in total. The maximum Gasteiger partial charge on any atom is 0.0594 e. The number of likely N-dealkylation sites (N-methyl/N-ethyl adjacent to an activating group) is 1. The quantitative estimate of drug-likeness (QED) is 0.680. The molecule has 0 amide bonds. The highest BCUT2D eigenvalue weighted by Gasteiger charge is 2.25. The van der Waals surface area contributed by atoms with Gasteiger partial charge in [0.1, 0.15) is 0 Å². The van der Waals surface area contributed by atoms with E-state index in [-0.39, 0.29) is 0 Å². The fourth-order valence-electron chi connectivity index (χ4n) is 2.87. The van der Waals surface area contributed by atoms with Crippen LogP contribution in [0.25, 0.3) is 0 Å². The zero-order chi connectivity index (χ0) is 12.8. The number of ether oxygens (including phenoxy) is 1. The largest absolute Gasteiger partial charge is 0.379 e. The monoisotopic (exact) mass is 256 g/mol. The molecule has 5 nitrogen and oxygen atoms in total. The molecule has 2 aliphatic rings. The summed E-state index contributed by atoms with van der Waals surface area (Å²) in [6.07, 6.45) is 1.29. The Bertz CT molecular complexity index is 233. The molecule has 1 unspecified atom stereocenters. The van der Waals surface area contributed by atoms with Crippen LogP contribution in [0.4, 0.5) is 0 Å². The highest BCUT2D eigenvalue weighted by Crippen LogP contribution is 2.13. The van der Waals surface area contributed by atoms with Crippen molar-refractivity contribution in [3.63, 3.8) is 0 Å². The molecule has 2 fully saturated rings. The zero-order valence-corrected chi connectivity index (χ0v) is 11.7. The van der Waals surface area contributed by atoms with E-state index in [2.05, 4.69) is 21.7 Å². The van der Waals surface area contributed by atoms with Crippen molar-refractivity contribution >= 4 is 0 Å². The van der Waals surface area contributed by atoms with Crippen LogP contribution in [0.15, 0.2) is 0 Å². The Hall–Kier alpha value is -0.200. The van der Waals surface area contributed by atoms with E-state index in [1.165, 1.54) is 32.6 Å². The minimum absolute atomic E-state index is 0.707. The number of hydrogen-bond donors (Lipinski definition) is 1. The van der Waals surface area contributed by atoms with E-state index in [1.807, 2.05) is 0 Å². The fourth-order valence-corrected chi connectivity index (χ4v) is 2.87. The third-order valence-electron chi connectivity index (χ3n) is 4.19. The van der Waals surface area contributed by atoms with Gasteiger partial charge in [-0.3, -0.25) is 4.90 Å². The van der Waals surface area contributed by atoms with Crippen molar-refractivity contribution in [2.45, 2.75) is 12.5 Å². The number of hydrogen-bond acceptors (Lipinski definition) is 5. The van der Waals surface area contributed by atoms with Crippen LogP contribution in [0.1, 0.15) is 6.42 Å². The second kappa shape index (κ2) is 7.40. The van der Waals surface area contributed by atoms with E-state index in [0.29, 0.717) is 6.04 Å². The predicted molar refractivity (Wildman–Crippen MR) is 73.8 cm³/mol. The summed E-state index contributed by atoms with van der Waals surface area (Å²) in [7, 11) is 2.20. The van der Waals surface area contributed by atoms with Crippen LogP contribution in [0.5, 0.6) is 0 Å². The van der Waals surface area contributed by atoms with Crippen molar-refractivity contribution < 1.29 is 4.74 Å². The van der Waals surface area contributed by atoms with Gasteiger partial charge < -0.3 is 20.3 Å². The van der Waals surface area contributed by atoms with Gasteiger partial charge in [0.25, 0.3) is 0 Å². The van der Waals surface area contributed by atoms with Crippen LogP contribution in [0.2, 0.25) is 0 Å². The van der Waals surface area contributed by atoms with Crippen molar-refractivity contribution in [1.29, 1.82) is 0 Å². The SMILES string of the molecule is CN(CCN)C1CCN(CCN2CCOCC2)C1. The number of morpholine rings is 1. The van der Waals surface area contributed by atoms with E-state index in [0.717, 1.165) is 39.4 Å². The number of likely N-dealkylation sites (tertiary alicyclic amines) is 1. The molecule has 0 saturated carbocycles. The molecule has 0 aromatic carbocycles. The second-order valence-electron chi connectivity index (χ2n) is 5.47. The van der Waals surface area contributed by atoms with Gasteiger partial charge in [-0.15, -0.1) is 0 Å².